The third-order valence-electron chi connectivity index (χ3n) is 4.13. The molecule has 0 aliphatic rings. The summed E-state index contributed by atoms with van der Waals surface area (Å²) in [6.07, 6.45) is 0. The van der Waals surface area contributed by atoms with Gasteiger partial charge in [0.25, 0.3) is 0 Å². The summed E-state index contributed by atoms with van der Waals surface area (Å²) in [6.45, 7) is 6.05. The second-order valence-electron chi connectivity index (χ2n) is 5.52. The van der Waals surface area contributed by atoms with Crippen LogP contribution in [-0.2, 0) is 0 Å². The molecule has 0 aliphatic heterocycles. The van der Waals surface area contributed by atoms with E-state index in [2.05, 4.69) is 18.7 Å². The maximum atomic E-state index is 12.6. The van der Waals surface area contributed by atoms with Crippen molar-refractivity contribution in [1.29, 1.82) is 5.26 Å². The fourth-order valence-electron chi connectivity index (χ4n) is 2.76. The molecule has 0 amide bonds. The van der Waals surface area contributed by atoms with Gasteiger partial charge in [-0.2, -0.15) is 5.26 Å². The number of rotatable bonds is 5. The highest BCUT2D eigenvalue weighted by atomic mass is 16.3. The molecule has 0 saturated heterocycles. The van der Waals surface area contributed by atoms with Crippen molar-refractivity contribution in [3.63, 3.8) is 0 Å². The molecule has 0 radical (unpaired) electrons. The first-order valence-electron chi connectivity index (χ1n) is 7.99. The average molecular weight is 318 g/mol. The second kappa shape index (κ2) is 6.59. The van der Waals surface area contributed by atoms with Gasteiger partial charge in [0.1, 0.15) is 5.58 Å². The highest BCUT2D eigenvalue weighted by Crippen LogP contribution is 2.26. The number of hydrogen-bond acceptors (Lipinski definition) is 4. The molecule has 1 aromatic heterocycles. The fraction of sp³-hybridized carbons (Fsp3) is 0.200. The van der Waals surface area contributed by atoms with E-state index in [0.29, 0.717) is 22.5 Å². The third kappa shape index (κ3) is 2.89. The Morgan fingerprint density at radius 3 is 2.42 bits per heavy atom. The molecule has 3 rings (SSSR count). The molecule has 0 unspecified atom stereocenters. The lowest BCUT2D eigenvalue weighted by Crippen LogP contribution is -2.21. The van der Waals surface area contributed by atoms with Gasteiger partial charge in [-0.05, 0) is 56.3 Å². The third-order valence-corrected chi connectivity index (χ3v) is 4.13. The van der Waals surface area contributed by atoms with Crippen LogP contribution in [0.15, 0.2) is 52.9 Å². The van der Waals surface area contributed by atoms with Crippen LogP contribution in [0.4, 0.5) is 5.69 Å². The van der Waals surface area contributed by atoms with Crippen LogP contribution in [0.1, 0.15) is 35.5 Å². The summed E-state index contributed by atoms with van der Waals surface area (Å²) in [5.41, 5.74) is 2.83. The highest BCUT2D eigenvalue weighted by molar-refractivity contribution is 6.09. The van der Waals surface area contributed by atoms with Crippen molar-refractivity contribution < 1.29 is 9.21 Å². The monoisotopic (exact) mass is 318 g/mol. The minimum atomic E-state index is -0.180. The van der Waals surface area contributed by atoms with Crippen LogP contribution in [0.2, 0.25) is 0 Å². The Morgan fingerprint density at radius 2 is 1.79 bits per heavy atom. The van der Waals surface area contributed by atoms with Gasteiger partial charge in [-0.15, -0.1) is 0 Å². The Kier molecular flexibility index (Phi) is 4.35. The van der Waals surface area contributed by atoms with Gasteiger partial charge in [-0.1, -0.05) is 0 Å². The van der Waals surface area contributed by atoms with E-state index < -0.39 is 0 Å². The summed E-state index contributed by atoms with van der Waals surface area (Å²) < 4.78 is 5.78. The average Bonchev–Trinajstić information content (AvgIpc) is 3.05. The Hall–Kier alpha value is -3.06. The summed E-state index contributed by atoms with van der Waals surface area (Å²) in [5, 5.41) is 9.74. The number of fused-ring (bicyclic) bond motifs is 1. The van der Waals surface area contributed by atoms with E-state index in [1.807, 2.05) is 24.3 Å². The molecule has 2 aromatic carbocycles. The van der Waals surface area contributed by atoms with Gasteiger partial charge in [-0.3, -0.25) is 4.79 Å². The minimum Gasteiger partial charge on any atom is -0.452 e. The van der Waals surface area contributed by atoms with Gasteiger partial charge in [0.2, 0.25) is 5.78 Å². The standard InChI is InChI=1S/C20H18N2O2/c1-3-22(4-2)17-10-9-16-11-19(24-18(16)12-17)20(23)15-7-5-14(13-21)6-8-15/h5-12H,3-4H2,1-2H3. The number of anilines is 1. The zero-order chi connectivity index (χ0) is 17.1. The molecule has 3 aromatic rings. The van der Waals surface area contributed by atoms with E-state index in [9.17, 15) is 4.79 Å². The van der Waals surface area contributed by atoms with Crippen molar-refractivity contribution in [2.45, 2.75) is 13.8 Å². The molecule has 4 nitrogen and oxygen atoms in total. The van der Waals surface area contributed by atoms with E-state index in [4.69, 9.17) is 9.68 Å². The summed E-state index contributed by atoms with van der Waals surface area (Å²) in [4.78, 5) is 14.8. The van der Waals surface area contributed by atoms with Crippen LogP contribution < -0.4 is 4.90 Å². The van der Waals surface area contributed by atoms with Gasteiger partial charge in [0, 0.05) is 35.8 Å². The molecule has 4 heteroatoms. The Morgan fingerprint density at radius 1 is 1.08 bits per heavy atom. The van der Waals surface area contributed by atoms with Crippen molar-refractivity contribution >= 4 is 22.4 Å². The highest BCUT2D eigenvalue weighted by Gasteiger charge is 2.15. The molecule has 0 atom stereocenters. The van der Waals surface area contributed by atoms with E-state index >= 15 is 0 Å². The molecule has 120 valence electrons. The zero-order valence-corrected chi connectivity index (χ0v) is 13.7. The normalized spacial score (nSPS) is 10.5. The molecule has 0 N–H and O–H groups in total. The predicted octanol–water partition coefficient (Wildman–Crippen LogP) is 4.38. The topological polar surface area (TPSA) is 57.2 Å². The van der Waals surface area contributed by atoms with Gasteiger partial charge >= 0.3 is 0 Å². The van der Waals surface area contributed by atoms with Crippen LogP contribution in [0, 0.1) is 11.3 Å². The number of benzene rings is 2. The lowest BCUT2D eigenvalue weighted by molar-refractivity contribution is 0.101. The minimum absolute atomic E-state index is 0.180. The van der Waals surface area contributed by atoms with Gasteiger partial charge in [0.15, 0.2) is 5.76 Å². The van der Waals surface area contributed by atoms with Crippen LogP contribution in [-0.4, -0.2) is 18.9 Å². The number of carbonyl (C=O) groups is 1. The maximum Gasteiger partial charge on any atom is 0.228 e. The summed E-state index contributed by atoms with van der Waals surface area (Å²) in [7, 11) is 0. The number of nitriles is 1. The summed E-state index contributed by atoms with van der Waals surface area (Å²) in [6, 6.07) is 16.4. The van der Waals surface area contributed by atoms with Crippen LogP contribution in [0.25, 0.3) is 11.0 Å². The van der Waals surface area contributed by atoms with Crippen molar-refractivity contribution in [3.05, 3.63) is 65.4 Å². The van der Waals surface area contributed by atoms with Crippen LogP contribution in [0.3, 0.4) is 0 Å². The number of nitrogens with zero attached hydrogens (tertiary/aromatic N) is 2. The zero-order valence-electron chi connectivity index (χ0n) is 13.7. The number of ketones is 1. The predicted molar refractivity (Wildman–Crippen MR) is 94.4 cm³/mol. The smallest absolute Gasteiger partial charge is 0.228 e. The lowest BCUT2D eigenvalue weighted by Gasteiger charge is -2.20. The van der Waals surface area contributed by atoms with Crippen LogP contribution in [0.5, 0.6) is 0 Å². The Balaban J connectivity index is 1.95. The number of carbonyl (C=O) groups excluding carboxylic acids is 1. The molecule has 24 heavy (non-hydrogen) atoms. The molecule has 0 aliphatic carbocycles. The quantitative estimate of drug-likeness (QED) is 0.655. The van der Waals surface area contributed by atoms with Crippen LogP contribution >= 0.6 is 0 Å². The molecular formula is C20H18N2O2. The van der Waals surface area contributed by atoms with Crippen molar-refractivity contribution in [1.82, 2.24) is 0 Å². The Labute approximate surface area is 140 Å². The molecule has 1 heterocycles. The van der Waals surface area contributed by atoms with Crippen molar-refractivity contribution in [3.8, 4) is 6.07 Å². The van der Waals surface area contributed by atoms with E-state index in [-0.39, 0.29) is 5.78 Å². The molecule has 0 fully saturated rings. The maximum absolute atomic E-state index is 12.6. The summed E-state index contributed by atoms with van der Waals surface area (Å²) >= 11 is 0. The van der Waals surface area contributed by atoms with E-state index in [1.165, 1.54) is 0 Å². The first-order chi connectivity index (χ1) is 11.7. The van der Waals surface area contributed by atoms with Crippen molar-refractivity contribution in [2.24, 2.45) is 0 Å². The second-order valence-corrected chi connectivity index (χ2v) is 5.52. The van der Waals surface area contributed by atoms with Gasteiger partial charge in [-0.25, -0.2) is 0 Å². The lowest BCUT2D eigenvalue weighted by atomic mass is 10.1. The Bertz CT molecular complexity index is 913. The van der Waals surface area contributed by atoms with Crippen molar-refractivity contribution in [2.75, 3.05) is 18.0 Å². The first kappa shape index (κ1) is 15.8. The molecule has 0 bridgehead atoms. The molecule has 0 saturated carbocycles. The first-order valence-corrected chi connectivity index (χ1v) is 7.99. The van der Waals surface area contributed by atoms with E-state index in [0.717, 1.165) is 24.2 Å². The summed E-state index contributed by atoms with van der Waals surface area (Å²) in [5.74, 6) is 0.131. The fourth-order valence-corrected chi connectivity index (χ4v) is 2.76. The van der Waals surface area contributed by atoms with Gasteiger partial charge in [0.05, 0.1) is 11.6 Å². The molecule has 0 spiro atoms. The molecular weight excluding hydrogens is 300 g/mol. The SMILES string of the molecule is CCN(CC)c1ccc2cc(C(=O)c3ccc(C#N)cc3)oc2c1. The number of hydrogen-bond donors (Lipinski definition) is 0. The van der Waals surface area contributed by atoms with E-state index in [1.54, 1.807) is 30.3 Å². The number of furan rings is 1. The van der Waals surface area contributed by atoms with Gasteiger partial charge < -0.3 is 9.32 Å². The largest absolute Gasteiger partial charge is 0.452 e.